The van der Waals surface area contributed by atoms with E-state index in [2.05, 4.69) is 62.7 Å². The van der Waals surface area contributed by atoms with Crippen molar-refractivity contribution in [2.24, 2.45) is 5.92 Å². The molecule has 1 aromatic heterocycles. The van der Waals surface area contributed by atoms with Gasteiger partial charge < -0.3 is 9.88 Å². The number of benzene rings is 1. The van der Waals surface area contributed by atoms with Crippen molar-refractivity contribution in [3.63, 3.8) is 0 Å². The van der Waals surface area contributed by atoms with E-state index < -0.39 is 0 Å². The van der Waals surface area contributed by atoms with Crippen LogP contribution in [0.5, 0.6) is 0 Å². The zero-order chi connectivity index (χ0) is 16.3. The summed E-state index contributed by atoms with van der Waals surface area (Å²) in [6.45, 7) is 12.0. The van der Waals surface area contributed by atoms with E-state index >= 15 is 0 Å². The summed E-state index contributed by atoms with van der Waals surface area (Å²) >= 11 is 0. The summed E-state index contributed by atoms with van der Waals surface area (Å²) in [6, 6.07) is 8.38. The number of carbonyl (C=O) groups is 1. The van der Waals surface area contributed by atoms with Gasteiger partial charge in [0.05, 0.1) is 0 Å². The van der Waals surface area contributed by atoms with Crippen LogP contribution in [0.1, 0.15) is 51.3 Å². The number of hydrogen-bond donors (Lipinski definition) is 1. The molecular formula is C19H28N2O. The van der Waals surface area contributed by atoms with Crippen LogP contribution in [0.15, 0.2) is 24.3 Å². The van der Waals surface area contributed by atoms with Gasteiger partial charge in [-0.15, -0.1) is 0 Å². The molecule has 0 fully saturated rings. The fourth-order valence-electron chi connectivity index (χ4n) is 3.09. The molecule has 0 bridgehead atoms. The SMILES string of the molecule is Cc1c(C(C)C)c2ccccc2n1CC(=O)NCCC(C)C. The molecule has 1 aromatic carbocycles. The summed E-state index contributed by atoms with van der Waals surface area (Å²) < 4.78 is 2.15. The molecular weight excluding hydrogens is 272 g/mol. The molecule has 2 rings (SSSR count). The minimum Gasteiger partial charge on any atom is -0.355 e. The average Bonchev–Trinajstić information content (AvgIpc) is 2.71. The number of nitrogens with one attached hydrogen (secondary N) is 1. The molecule has 0 radical (unpaired) electrons. The molecule has 0 spiro atoms. The molecule has 0 aliphatic carbocycles. The number of hydrogen-bond acceptors (Lipinski definition) is 1. The standard InChI is InChI=1S/C19H28N2O/c1-13(2)10-11-20-18(22)12-21-15(5)19(14(3)4)16-8-6-7-9-17(16)21/h6-9,13-14H,10-12H2,1-5H3,(H,20,22). The van der Waals surface area contributed by atoms with Crippen molar-refractivity contribution in [3.05, 3.63) is 35.5 Å². The molecule has 0 unspecified atom stereocenters. The third-order valence-electron chi connectivity index (χ3n) is 4.20. The number of aromatic nitrogens is 1. The van der Waals surface area contributed by atoms with Crippen molar-refractivity contribution >= 4 is 16.8 Å². The molecule has 2 aromatic rings. The lowest BCUT2D eigenvalue weighted by Gasteiger charge is -2.11. The molecule has 3 nitrogen and oxygen atoms in total. The van der Waals surface area contributed by atoms with Gasteiger partial charge in [0.1, 0.15) is 6.54 Å². The molecule has 120 valence electrons. The first kappa shape index (κ1) is 16.6. The van der Waals surface area contributed by atoms with Gasteiger partial charge in [0.2, 0.25) is 5.91 Å². The molecule has 22 heavy (non-hydrogen) atoms. The molecule has 3 heteroatoms. The molecule has 0 atom stereocenters. The minimum atomic E-state index is 0.0970. The average molecular weight is 300 g/mol. The van der Waals surface area contributed by atoms with E-state index in [-0.39, 0.29) is 5.91 Å². The Morgan fingerprint density at radius 1 is 1.18 bits per heavy atom. The van der Waals surface area contributed by atoms with Gasteiger partial charge in [0.15, 0.2) is 0 Å². The van der Waals surface area contributed by atoms with E-state index in [1.807, 2.05) is 6.07 Å². The van der Waals surface area contributed by atoms with Crippen LogP contribution in [-0.4, -0.2) is 17.0 Å². The Hall–Kier alpha value is -1.77. The molecule has 0 aliphatic heterocycles. The summed E-state index contributed by atoms with van der Waals surface area (Å²) in [4.78, 5) is 12.2. The van der Waals surface area contributed by atoms with E-state index in [1.165, 1.54) is 16.6 Å². The Morgan fingerprint density at radius 3 is 2.50 bits per heavy atom. The van der Waals surface area contributed by atoms with Crippen molar-refractivity contribution in [1.82, 2.24) is 9.88 Å². The van der Waals surface area contributed by atoms with Crippen molar-refractivity contribution < 1.29 is 4.79 Å². The lowest BCUT2D eigenvalue weighted by Crippen LogP contribution is -2.29. The highest BCUT2D eigenvalue weighted by molar-refractivity contribution is 5.88. The summed E-state index contributed by atoms with van der Waals surface area (Å²) in [7, 11) is 0. The largest absolute Gasteiger partial charge is 0.355 e. The summed E-state index contributed by atoms with van der Waals surface area (Å²) in [6.07, 6.45) is 1.02. The Bertz CT molecular complexity index is 653. The highest BCUT2D eigenvalue weighted by Gasteiger charge is 2.17. The van der Waals surface area contributed by atoms with Gasteiger partial charge in [-0.3, -0.25) is 4.79 Å². The first-order chi connectivity index (χ1) is 10.4. The normalized spacial score (nSPS) is 11.6. The predicted molar refractivity (Wildman–Crippen MR) is 93.2 cm³/mol. The second-order valence-corrected chi connectivity index (χ2v) is 6.79. The number of carbonyl (C=O) groups excluding carboxylic acids is 1. The zero-order valence-corrected chi connectivity index (χ0v) is 14.4. The molecule has 1 N–H and O–H groups in total. The maximum atomic E-state index is 12.2. The molecule has 1 heterocycles. The number of amides is 1. The number of rotatable bonds is 6. The van der Waals surface area contributed by atoms with Crippen LogP contribution in [0.4, 0.5) is 0 Å². The second-order valence-electron chi connectivity index (χ2n) is 6.79. The van der Waals surface area contributed by atoms with Crippen molar-refractivity contribution in [2.75, 3.05) is 6.54 Å². The topological polar surface area (TPSA) is 34.0 Å². The summed E-state index contributed by atoms with van der Waals surface area (Å²) in [5.74, 6) is 1.16. The first-order valence-electron chi connectivity index (χ1n) is 8.26. The van der Waals surface area contributed by atoms with E-state index in [1.54, 1.807) is 0 Å². The third kappa shape index (κ3) is 3.52. The smallest absolute Gasteiger partial charge is 0.239 e. The molecule has 0 aliphatic rings. The van der Waals surface area contributed by atoms with Crippen LogP contribution in [0, 0.1) is 12.8 Å². The molecule has 0 saturated heterocycles. The van der Waals surface area contributed by atoms with Gasteiger partial charge in [-0.2, -0.15) is 0 Å². The van der Waals surface area contributed by atoms with Crippen molar-refractivity contribution in [1.29, 1.82) is 0 Å². The third-order valence-corrected chi connectivity index (χ3v) is 4.20. The fourth-order valence-corrected chi connectivity index (χ4v) is 3.09. The van der Waals surface area contributed by atoms with Gasteiger partial charge in [0.25, 0.3) is 0 Å². The second kappa shape index (κ2) is 6.99. The molecule has 1 amide bonds. The summed E-state index contributed by atoms with van der Waals surface area (Å²) in [5, 5.41) is 4.30. The summed E-state index contributed by atoms with van der Waals surface area (Å²) in [5.41, 5.74) is 3.71. The Labute approximate surface area is 133 Å². The maximum Gasteiger partial charge on any atom is 0.239 e. The number of fused-ring (bicyclic) bond motifs is 1. The zero-order valence-electron chi connectivity index (χ0n) is 14.4. The van der Waals surface area contributed by atoms with Gasteiger partial charge in [-0.1, -0.05) is 45.9 Å². The Morgan fingerprint density at radius 2 is 1.86 bits per heavy atom. The highest BCUT2D eigenvalue weighted by Crippen LogP contribution is 2.31. The molecule has 0 saturated carbocycles. The van der Waals surface area contributed by atoms with Gasteiger partial charge in [-0.05, 0) is 36.8 Å². The lowest BCUT2D eigenvalue weighted by atomic mass is 10.00. The predicted octanol–water partition coefficient (Wildman–Crippen LogP) is 4.24. The van der Waals surface area contributed by atoms with Crippen LogP contribution in [-0.2, 0) is 11.3 Å². The quantitative estimate of drug-likeness (QED) is 0.851. The Balaban J connectivity index is 2.24. The fraction of sp³-hybridized carbons (Fsp3) is 0.526. The van der Waals surface area contributed by atoms with Crippen LogP contribution in [0.25, 0.3) is 10.9 Å². The highest BCUT2D eigenvalue weighted by atomic mass is 16.1. The van der Waals surface area contributed by atoms with Crippen molar-refractivity contribution in [3.8, 4) is 0 Å². The van der Waals surface area contributed by atoms with Crippen LogP contribution >= 0.6 is 0 Å². The lowest BCUT2D eigenvalue weighted by molar-refractivity contribution is -0.121. The van der Waals surface area contributed by atoms with Crippen LogP contribution in [0.3, 0.4) is 0 Å². The van der Waals surface area contributed by atoms with Crippen LogP contribution in [0.2, 0.25) is 0 Å². The number of nitrogens with zero attached hydrogens (tertiary/aromatic N) is 1. The van der Waals surface area contributed by atoms with E-state index in [4.69, 9.17) is 0 Å². The van der Waals surface area contributed by atoms with E-state index in [0.29, 0.717) is 18.4 Å². The van der Waals surface area contributed by atoms with E-state index in [0.717, 1.165) is 18.5 Å². The minimum absolute atomic E-state index is 0.0970. The Kier molecular flexibility index (Phi) is 5.28. The van der Waals surface area contributed by atoms with Crippen molar-refractivity contribution in [2.45, 2.75) is 53.5 Å². The maximum absolute atomic E-state index is 12.2. The number of para-hydroxylation sites is 1. The van der Waals surface area contributed by atoms with E-state index in [9.17, 15) is 4.79 Å². The van der Waals surface area contributed by atoms with Gasteiger partial charge in [-0.25, -0.2) is 0 Å². The van der Waals surface area contributed by atoms with Crippen LogP contribution < -0.4 is 5.32 Å². The first-order valence-corrected chi connectivity index (χ1v) is 8.26. The van der Waals surface area contributed by atoms with Gasteiger partial charge >= 0.3 is 0 Å². The monoisotopic (exact) mass is 300 g/mol. The van der Waals surface area contributed by atoms with Gasteiger partial charge in [0, 0.05) is 23.1 Å².